The highest BCUT2D eigenvalue weighted by Gasteiger charge is 2.29. The lowest BCUT2D eigenvalue weighted by atomic mass is 10.1. The van der Waals surface area contributed by atoms with Crippen LogP contribution in [0.15, 0.2) is 47.8 Å². The molecule has 2 rings (SSSR count). The summed E-state index contributed by atoms with van der Waals surface area (Å²) in [6.07, 6.45) is -2.86. The number of halogens is 3. The Kier molecular flexibility index (Phi) is 3.59. The molecule has 0 fully saturated rings. The molecule has 1 aromatic carbocycles. The maximum Gasteiger partial charge on any atom is 0.416 e. The van der Waals surface area contributed by atoms with Crippen molar-refractivity contribution in [1.29, 1.82) is 0 Å². The molecule has 0 saturated carbocycles. The molecule has 19 heavy (non-hydrogen) atoms. The maximum absolute atomic E-state index is 12.4. The maximum atomic E-state index is 12.4. The van der Waals surface area contributed by atoms with Gasteiger partial charge in [0.2, 0.25) is 0 Å². The van der Waals surface area contributed by atoms with Gasteiger partial charge in [0.05, 0.1) is 11.3 Å². The van der Waals surface area contributed by atoms with Crippen LogP contribution in [0.2, 0.25) is 0 Å². The van der Waals surface area contributed by atoms with E-state index in [0.29, 0.717) is 16.8 Å². The Morgan fingerprint density at radius 1 is 1.05 bits per heavy atom. The lowest BCUT2D eigenvalue weighted by Gasteiger charge is -2.07. The SMILES string of the molecule is O=NCc1ccc(-c2ccc(C(F)(F)F)cc2)nc1. The van der Waals surface area contributed by atoms with Crippen molar-refractivity contribution in [3.8, 4) is 11.3 Å². The summed E-state index contributed by atoms with van der Waals surface area (Å²) >= 11 is 0. The smallest absolute Gasteiger partial charge is 0.256 e. The average Bonchev–Trinajstić information content (AvgIpc) is 2.39. The van der Waals surface area contributed by atoms with Crippen LogP contribution < -0.4 is 0 Å². The lowest BCUT2D eigenvalue weighted by Crippen LogP contribution is -2.04. The van der Waals surface area contributed by atoms with Crippen LogP contribution in [0.4, 0.5) is 13.2 Å². The summed E-state index contributed by atoms with van der Waals surface area (Å²) in [5.74, 6) is 0. The van der Waals surface area contributed by atoms with Crippen molar-refractivity contribution in [3.05, 3.63) is 58.6 Å². The highest BCUT2D eigenvalue weighted by atomic mass is 19.4. The molecule has 1 aromatic heterocycles. The Morgan fingerprint density at radius 2 is 1.74 bits per heavy atom. The summed E-state index contributed by atoms with van der Waals surface area (Å²) in [5.41, 5.74) is 1.09. The molecule has 0 N–H and O–H groups in total. The van der Waals surface area contributed by atoms with E-state index in [1.54, 1.807) is 12.1 Å². The quantitative estimate of drug-likeness (QED) is 0.787. The zero-order valence-corrected chi connectivity index (χ0v) is 9.69. The summed E-state index contributed by atoms with van der Waals surface area (Å²) < 4.78 is 37.2. The van der Waals surface area contributed by atoms with Crippen LogP contribution in [0, 0.1) is 4.91 Å². The minimum absolute atomic E-state index is 0.0281. The van der Waals surface area contributed by atoms with Gasteiger partial charge in [-0.1, -0.05) is 23.4 Å². The number of hydrogen-bond donors (Lipinski definition) is 0. The monoisotopic (exact) mass is 266 g/mol. The number of hydrogen-bond acceptors (Lipinski definition) is 3. The first-order valence-electron chi connectivity index (χ1n) is 5.42. The first-order chi connectivity index (χ1) is 9.00. The fourth-order valence-electron chi connectivity index (χ4n) is 1.59. The number of nitrogens with zero attached hydrogens (tertiary/aromatic N) is 2. The third-order valence-corrected chi connectivity index (χ3v) is 2.58. The standard InChI is InChI=1S/C13H9F3N2O/c14-13(15,16)11-4-2-10(3-5-11)12-6-1-9(7-17-12)8-18-19/h1-7H,8H2. The summed E-state index contributed by atoms with van der Waals surface area (Å²) in [4.78, 5) is 14.2. The summed E-state index contributed by atoms with van der Waals surface area (Å²) in [6, 6.07) is 8.06. The third kappa shape index (κ3) is 3.15. The Labute approximate surface area is 107 Å². The van der Waals surface area contributed by atoms with E-state index in [4.69, 9.17) is 0 Å². The van der Waals surface area contributed by atoms with Crippen molar-refractivity contribution in [1.82, 2.24) is 4.98 Å². The lowest BCUT2D eigenvalue weighted by molar-refractivity contribution is -0.137. The molecule has 6 heteroatoms. The second-order valence-corrected chi connectivity index (χ2v) is 3.91. The van der Waals surface area contributed by atoms with Gasteiger partial charge in [0.15, 0.2) is 0 Å². The van der Waals surface area contributed by atoms with Crippen LogP contribution in [-0.2, 0) is 12.7 Å². The molecule has 1 heterocycles. The summed E-state index contributed by atoms with van der Waals surface area (Å²) in [6.45, 7) is 0.0281. The largest absolute Gasteiger partial charge is 0.416 e. The Bertz CT molecular complexity index is 562. The number of nitroso groups, excluding NO2 is 1. The van der Waals surface area contributed by atoms with Gasteiger partial charge in [-0.15, -0.1) is 0 Å². The van der Waals surface area contributed by atoms with Gasteiger partial charge in [0, 0.05) is 11.8 Å². The topological polar surface area (TPSA) is 42.3 Å². The molecule has 0 aliphatic heterocycles. The van der Waals surface area contributed by atoms with Gasteiger partial charge in [-0.2, -0.15) is 18.1 Å². The van der Waals surface area contributed by atoms with E-state index in [2.05, 4.69) is 10.2 Å². The van der Waals surface area contributed by atoms with Crippen molar-refractivity contribution in [3.63, 3.8) is 0 Å². The van der Waals surface area contributed by atoms with Gasteiger partial charge < -0.3 is 0 Å². The Hall–Kier alpha value is -2.24. The zero-order valence-electron chi connectivity index (χ0n) is 9.69. The highest BCUT2D eigenvalue weighted by molar-refractivity contribution is 5.59. The van der Waals surface area contributed by atoms with Gasteiger partial charge in [0.25, 0.3) is 0 Å². The highest BCUT2D eigenvalue weighted by Crippen LogP contribution is 2.30. The molecule has 0 spiro atoms. The minimum Gasteiger partial charge on any atom is -0.256 e. The Morgan fingerprint density at radius 3 is 2.21 bits per heavy atom. The van der Waals surface area contributed by atoms with E-state index < -0.39 is 11.7 Å². The zero-order chi connectivity index (χ0) is 13.9. The van der Waals surface area contributed by atoms with E-state index >= 15 is 0 Å². The van der Waals surface area contributed by atoms with E-state index in [-0.39, 0.29) is 6.54 Å². The first-order valence-corrected chi connectivity index (χ1v) is 5.42. The number of benzene rings is 1. The fourth-order valence-corrected chi connectivity index (χ4v) is 1.59. The molecule has 3 nitrogen and oxygen atoms in total. The molecule has 0 bridgehead atoms. The number of alkyl halides is 3. The van der Waals surface area contributed by atoms with Crippen LogP contribution in [0.5, 0.6) is 0 Å². The molecule has 0 aliphatic rings. The average molecular weight is 266 g/mol. The molecular weight excluding hydrogens is 257 g/mol. The van der Waals surface area contributed by atoms with Gasteiger partial charge in [-0.25, -0.2) is 0 Å². The van der Waals surface area contributed by atoms with Crippen molar-refractivity contribution in [2.75, 3.05) is 0 Å². The second kappa shape index (κ2) is 5.17. The normalized spacial score (nSPS) is 11.3. The van der Waals surface area contributed by atoms with E-state index in [9.17, 15) is 18.1 Å². The molecule has 98 valence electrons. The fraction of sp³-hybridized carbons (Fsp3) is 0.154. The van der Waals surface area contributed by atoms with Crippen molar-refractivity contribution >= 4 is 0 Å². The molecule has 0 saturated heterocycles. The van der Waals surface area contributed by atoms with Crippen LogP contribution in [0.3, 0.4) is 0 Å². The van der Waals surface area contributed by atoms with Crippen molar-refractivity contribution in [2.24, 2.45) is 5.18 Å². The van der Waals surface area contributed by atoms with Crippen LogP contribution in [-0.4, -0.2) is 4.98 Å². The van der Waals surface area contributed by atoms with Crippen LogP contribution >= 0.6 is 0 Å². The molecule has 0 atom stereocenters. The van der Waals surface area contributed by atoms with E-state index in [0.717, 1.165) is 12.1 Å². The van der Waals surface area contributed by atoms with E-state index in [1.165, 1.54) is 18.3 Å². The molecule has 0 aliphatic carbocycles. The molecular formula is C13H9F3N2O. The predicted molar refractivity (Wildman–Crippen MR) is 64.2 cm³/mol. The van der Waals surface area contributed by atoms with Gasteiger partial charge in [-0.05, 0) is 23.8 Å². The summed E-state index contributed by atoms with van der Waals surface area (Å²) in [7, 11) is 0. The Balaban J connectivity index is 2.24. The van der Waals surface area contributed by atoms with Crippen LogP contribution in [0.25, 0.3) is 11.3 Å². The molecule has 2 aromatic rings. The molecule has 0 radical (unpaired) electrons. The first kappa shape index (κ1) is 13.2. The predicted octanol–water partition coefficient (Wildman–Crippen LogP) is 4.03. The van der Waals surface area contributed by atoms with Crippen molar-refractivity contribution in [2.45, 2.75) is 12.7 Å². The van der Waals surface area contributed by atoms with Gasteiger partial charge in [0.1, 0.15) is 6.54 Å². The number of pyridine rings is 1. The third-order valence-electron chi connectivity index (χ3n) is 2.58. The van der Waals surface area contributed by atoms with Gasteiger partial charge >= 0.3 is 6.18 Å². The van der Waals surface area contributed by atoms with Crippen molar-refractivity contribution < 1.29 is 13.2 Å². The minimum atomic E-state index is -4.34. The second-order valence-electron chi connectivity index (χ2n) is 3.91. The number of aromatic nitrogens is 1. The molecule has 0 unspecified atom stereocenters. The van der Waals surface area contributed by atoms with Gasteiger partial charge in [-0.3, -0.25) is 4.98 Å². The number of rotatable bonds is 3. The van der Waals surface area contributed by atoms with Crippen LogP contribution in [0.1, 0.15) is 11.1 Å². The van der Waals surface area contributed by atoms with E-state index in [1.807, 2.05) is 0 Å². The summed E-state index contributed by atoms with van der Waals surface area (Å²) in [5, 5.41) is 2.73. The molecule has 0 amide bonds.